The molecule has 0 bridgehead atoms. The zero-order valence-electron chi connectivity index (χ0n) is 15.8. The van der Waals surface area contributed by atoms with Crippen LogP contribution in [-0.2, 0) is 10.0 Å². The molecule has 29 heavy (non-hydrogen) atoms. The van der Waals surface area contributed by atoms with Gasteiger partial charge in [0.15, 0.2) is 0 Å². The standard InChI is InChI=1S/C19H18FN3O4S2/c1-11-16-14(20)8-5-9-15(16)28-17(11)19(25)22-21-18(24)12-6-4-7-13(10-12)29(26,27)23(2)3/h4-10H,1-3H3,(H,21,24)(H,22,25). The summed E-state index contributed by atoms with van der Waals surface area (Å²) in [5.41, 5.74) is 5.09. The van der Waals surface area contributed by atoms with E-state index in [9.17, 15) is 22.4 Å². The number of carbonyl (C=O) groups excluding carboxylic acids is 2. The molecule has 3 rings (SSSR count). The number of aryl methyl sites for hydroxylation is 1. The van der Waals surface area contributed by atoms with Crippen molar-refractivity contribution in [3.63, 3.8) is 0 Å². The third-order valence-corrected chi connectivity index (χ3v) is 7.34. The molecular weight excluding hydrogens is 417 g/mol. The first-order chi connectivity index (χ1) is 13.6. The first-order valence-corrected chi connectivity index (χ1v) is 10.7. The number of amides is 2. The number of nitrogens with one attached hydrogen (secondary N) is 2. The number of nitrogens with zero attached hydrogens (tertiary/aromatic N) is 1. The topological polar surface area (TPSA) is 95.6 Å². The minimum absolute atomic E-state index is 0.0442. The minimum atomic E-state index is -3.70. The van der Waals surface area contributed by atoms with E-state index in [1.807, 2.05) is 0 Å². The van der Waals surface area contributed by atoms with Gasteiger partial charge in [-0.25, -0.2) is 17.1 Å². The highest BCUT2D eigenvalue weighted by molar-refractivity contribution is 7.89. The molecule has 0 saturated heterocycles. The van der Waals surface area contributed by atoms with Crippen molar-refractivity contribution < 1.29 is 22.4 Å². The molecule has 0 aliphatic rings. The van der Waals surface area contributed by atoms with Gasteiger partial charge in [-0.05, 0) is 42.8 Å². The van der Waals surface area contributed by atoms with E-state index in [0.717, 1.165) is 15.6 Å². The Balaban J connectivity index is 1.77. The Morgan fingerprint density at radius 3 is 2.34 bits per heavy atom. The van der Waals surface area contributed by atoms with E-state index in [-0.39, 0.29) is 15.3 Å². The number of hydrazine groups is 1. The van der Waals surface area contributed by atoms with Gasteiger partial charge in [0.1, 0.15) is 5.82 Å². The van der Waals surface area contributed by atoms with Crippen LogP contribution < -0.4 is 10.9 Å². The van der Waals surface area contributed by atoms with Gasteiger partial charge in [-0.15, -0.1) is 11.3 Å². The molecule has 0 spiro atoms. The number of benzene rings is 2. The lowest BCUT2D eigenvalue weighted by Crippen LogP contribution is -2.41. The molecule has 1 heterocycles. The van der Waals surface area contributed by atoms with Crippen LogP contribution in [0.25, 0.3) is 10.1 Å². The number of hydrogen-bond acceptors (Lipinski definition) is 5. The van der Waals surface area contributed by atoms with Crippen LogP contribution in [-0.4, -0.2) is 38.6 Å². The molecule has 2 N–H and O–H groups in total. The van der Waals surface area contributed by atoms with E-state index in [0.29, 0.717) is 15.6 Å². The Labute approximate surface area is 171 Å². The molecule has 0 aliphatic heterocycles. The van der Waals surface area contributed by atoms with E-state index >= 15 is 0 Å². The largest absolute Gasteiger partial charge is 0.280 e. The predicted octanol–water partition coefficient (Wildman–Crippen LogP) is 2.67. The highest BCUT2D eigenvalue weighted by Crippen LogP contribution is 2.32. The molecule has 0 radical (unpaired) electrons. The van der Waals surface area contributed by atoms with Crippen LogP contribution in [0.5, 0.6) is 0 Å². The van der Waals surface area contributed by atoms with Crippen molar-refractivity contribution in [3.05, 3.63) is 64.3 Å². The van der Waals surface area contributed by atoms with Crippen LogP contribution >= 0.6 is 11.3 Å². The van der Waals surface area contributed by atoms with E-state index in [1.165, 1.54) is 44.4 Å². The Morgan fingerprint density at radius 2 is 1.69 bits per heavy atom. The number of thiophene rings is 1. The second kappa shape index (κ2) is 7.90. The molecule has 0 aliphatic carbocycles. The van der Waals surface area contributed by atoms with Crippen molar-refractivity contribution in [2.75, 3.05) is 14.1 Å². The first-order valence-electron chi connectivity index (χ1n) is 8.44. The minimum Gasteiger partial charge on any atom is -0.267 e. The van der Waals surface area contributed by atoms with E-state index in [2.05, 4.69) is 10.9 Å². The molecule has 0 unspecified atom stereocenters. The van der Waals surface area contributed by atoms with Crippen LogP contribution in [0.15, 0.2) is 47.4 Å². The van der Waals surface area contributed by atoms with Gasteiger partial charge in [0, 0.05) is 29.7 Å². The smallest absolute Gasteiger partial charge is 0.267 e. The zero-order valence-corrected chi connectivity index (χ0v) is 17.4. The van der Waals surface area contributed by atoms with Crippen molar-refractivity contribution >= 4 is 43.3 Å². The van der Waals surface area contributed by atoms with Crippen molar-refractivity contribution in [2.24, 2.45) is 0 Å². The maximum atomic E-state index is 14.0. The summed E-state index contributed by atoms with van der Waals surface area (Å²) in [6.45, 7) is 1.63. The molecule has 2 amide bonds. The summed E-state index contributed by atoms with van der Waals surface area (Å²) >= 11 is 1.11. The Morgan fingerprint density at radius 1 is 1.03 bits per heavy atom. The summed E-state index contributed by atoms with van der Waals surface area (Å²) in [7, 11) is -0.925. The molecule has 1 aromatic heterocycles. The Kier molecular flexibility index (Phi) is 5.69. The van der Waals surface area contributed by atoms with Crippen molar-refractivity contribution in [1.82, 2.24) is 15.2 Å². The predicted molar refractivity (Wildman–Crippen MR) is 109 cm³/mol. The number of sulfonamides is 1. The summed E-state index contributed by atoms with van der Waals surface area (Å²) in [4.78, 5) is 25.0. The quantitative estimate of drug-likeness (QED) is 0.616. The molecule has 0 atom stereocenters. The fourth-order valence-corrected chi connectivity index (χ4v) is 4.79. The summed E-state index contributed by atoms with van der Waals surface area (Å²) < 4.78 is 40.1. The van der Waals surface area contributed by atoms with Crippen molar-refractivity contribution in [3.8, 4) is 0 Å². The normalized spacial score (nSPS) is 11.6. The monoisotopic (exact) mass is 435 g/mol. The maximum Gasteiger partial charge on any atom is 0.280 e. The summed E-state index contributed by atoms with van der Waals surface area (Å²) in [6, 6.07) is 10.0. The molecule has 2 aromatic carbocycles. The van der Waals surface area contributed by atoms with Gasteiger partial charge in [0.2, 0.25) is 10.0 Å². The Hall–Kier alpha value is -2.82. The summed E-state index contributed by atoms with van der Waals surface area (Å²) in [5.74, 6) is -1.69. The van der Waals surface area contributed by atoms with Gasteiger partial charge in [-0.1, -0.05) is 12.1 Å². The van der Waals surface area contributed by atoms with E-state index in [4.69, 9.17) is 0 Å². The van der Waals surface area contributed by atoms with Gasteiger partial charge in [0.25, 0.3) is 11.8 Å². The van der Waals surface area contributed by atoms with Crippen molar-refractivity contribution in [1.29, 1.82) is 0 Å². The van der Waals surface area contributed by atoms with Gasteiger partial charge in [-0.3, -0.25) is 20.4 Å². The molecule has 0 saturated carbocycles. The van der Waals surface area contributed by atoms with Gasteiger partial charge in [0.05, 0.1) is 9.77 Å². The van der Waals surface area contributed by atoms with Gasteiger partial charge >= 0.3 is 0 Å². The lowest BCUT2D eigenvalue weighted by atomic mass is 10.1. The molecule has 0 fully saturated rings. The number of rotatable bonds is 4. The molecule has 7 nitrogen and oxygen atoms in total. The van der Waals surface area contributed by atoms with Crippen LogP contribution in [0.2, 0.25) is 0 Å². The van der Waals surface area contributed by atoms with Crippen LogP contribution in [0.3, 0.4) is 0 Å². The van der Waals surface area contributed by atoms with Crippen LogP contribution in [0.1, 0.15) is 25.6 Å². The van der Waals surface area contributed by atoms with Crippen LogP contribution in [0.4, 0.5) is 4.39 Å². The fourth-order valence-electron chi connectivity index (χ4n) is 2.72. The number of halogens is 1. The first kappa shape index (κ1) is 20.9. The average Bonchev–Trinajstić information content (AvgIpc) is 3.03. The SMILES string of the molecule is Cc1c(C(=O)NNC(=O)c2cccc(S(=O)(=O)N(C)C)c2)sc2cccc(F)c12. The average molecular weight is 436 g/mol. The van der Waals surface area contributed by atoms with Crippen molar-refractivity contribution in [2.45, 2.75) is 11.8 Å². The third kappa shape index (κ3) is 4.00. The van der Waals surface area contributed by atoms with Gasteiger partial charge < -0.3 is 0 Å². The molecular formula is C19H18FN3O4S2. The Bertz CT molecular complexity index is 1220. The van der Waals surface area contributed by atoms with Gasteiger partial charge in [-0.2, -0.15) is 0 Å². The van der Waals surface area contributed by atoms with E-state index < -0.39 is 27.7 Å². The lowest BCUT2D eigenvalue weighted by Gasteiger charge is -2.12. The second-order valence-electron chi connectivity index (χ2n) is 6.39. The molecule has 10 heteroatoms. The maximum absolute atomic E-state index is 14.0. The number of fused-ring (bicyclic) bond motifs is 1. The zero-order chi connectivity index (χ0) is 21.3. The van der Waals surface area contributed by atoms with E-state index in [1.54, 1.807) is 19.1 Å². The fraction of sp³-hybridized carbons (Fsp3) is 0.158. The van der Waals surface area contributed by atoms with Crippen LogP contribution in [0, 0.1) is 12.7 Å². The summed E-state index contributed by atoms with van der Waals surface area (Å²) in [6.07, 6.45) is 0. The highest BCUT2D eigenvalue weighted by Gasteiger charge is 2.20. The summed E-state index contributed by atoms with van der Waals surface area (Å²) in [5, 5.41) is 0.371. The number of carbonyl (C=O) groups is 2. The molecule has 3 aromatic rings. The third-order valence-electron chi connectivity index (χ3n) is 4.27. The number of hydrogen-bond donors (Lipinski definition) is 2. The highest BCUT2D eigenvalue weighted by atomic mass is 32.2. The second-order valence-corrected chi connectivity index (χ2v) is 9.60. The lowest BCUT2D eigenvalue weighted by molar-refractivity contribution is 0.0848. The molecule has 152 valence electrons.